The summed E-state index contributed by atoms with van der Waals surface area (Å²) in [5.41, 5.74) is 6.38. The van der Waals surface area contributed by atoms with Crippen molar-refractivity contribution in [3.63, 3.8) is 0 Å². The van der Waals surface area contributed by atoms with E-state index in [1.54, 1.807) is 24.3 Å². The standard InChI is InChI=1S/C15H12Cl2F3N/c16-12-4-5-13(17)10(7-12)8-14(21)9-2-1-3-11(6-9)15(18,19)20/h1-7,14H,8,21H2. The summed E-state index contributed by atoms with van der Waals surface area (Å²) in [7, 11) is 0. The predicted octanol–water partition coefficient (Wildman–Crippen LogP) is 5.25. The van der Waals surface area contributed by atoms with Crippen LogP contribution in [0.15, 0.2) is 42.5 Å². The summed E-state index contributed by atoms with van der Waals surface area (Å²) in [6, 6.07) is 9.34. The van der Waals surface area contributed by atoms with E-state index in [-0.39, 0.29) is 0 Å². The van der Waals surface area contributed by atoms with Gasteiger partial charge in [-0.25, -0.2) is 0 Å². The first kappa shape index (κ1) is 16.1. The molecule has 0 bridgehead atoms. The second-order valence-corrected chi connectivity index (χ2v) is 5.51. The van der Waals surface area contributed by atoms with Crippen molar-refractivity contribution in [2.75, 3.05) is 0 Å². The summed E-state index contributed by atoms with van der Waals surface area (Å²) in [5.74, 6) is 0. The van der Waals surface area contributed by atoms with Gasteiger partial charge in [0.15, 0.2) is 0 Å². The lowest BCUT2D eigenvalue weighted by Gasteiger charge is -2.15. The van der Waals surface area contributed by atoms with E-state index in [0.717, 1.165) is 12.1 Å². The highest BCUT2D eigenvalue weighted by molar-refractivity contribution is 6.33. The summed E-state index contributed by atoms with van der Waals surface area (Å²) in [4.78, 5) is 0. The molecule has 112 valence electrons. The molecule has 21 heavy (non-hydrogen) atoms. The summed E-state index contributed by atoms with van der Waals surface area (Å²) in [6.45, 7) is 0. The summed E-state index contributed by atoms with van der Waals surface area (Å²) in [5, 5.41) is 0.993. The molecule has 0 fully saturated rings. The Hall–Kier alpha value is -1.23. The minimum absolute atomic E-state index is 0.306. The molecule has 0 aromatic heterocycles. The van der Waals surface area contributed by atoms with Gasteiger partial charge >= 0.3 is 6.18 Å². The first-order valence-corrected chi connectivity index (χ1v) is 6.89. The van der Waals surface area contributed by atoms with E-state index < -0.39 is 17.8 Å². The van der Waals surface area contributed by atoms with Crippen LogP contribution in [-0.4, -0.2) is 0 Å². The Morgan fingerprint density at radius 1 is 1.05 bits per heavy atom. The molecule has 1 atom stereocenters. The van der Waals surface area contributed by atoms with Gasteiger partial charge in [0.25, 0.3) is 0 Å². The van der Waals surface area contributed by atoms with Crippen LogP contribution in [0.1, 0.15) is 22.7 Å². The summed E-state index contributed by atoms with van der Waals surface area (Å²) < 4.78 is 38.1. The van der Waals surface area contributed by atoms with Crippen LogP contribution < -0.4 is 5.73 Å². The molecule has 0 amide bonds. The van der Waals surface area contributed by atoms with Crippen LogP contribution >= 0.6 is 23.2 Å². The van der Waals surface area contributed by atoms with Gasteiger partial charge in [-0.1, -0.05) is 35.3 Å². The zero-order chi connectivity index (χ0) is 15.6. The van der Waals surface area contributed by atoms with Crippen LogP contribution in [-0.2, 0) is 12.6 Å². The number of hydrogen-bond acceptors (Lipinski definition) is 1. The lowest BCUT2D eigenvalue weighted by atomic mass is 9.98. The van der Waals surface area contributed by atoms with E-state index in [9.17, 15) is 13.2 Å². The van der Waals surface area contributed by atoms with Crippen molar-refractivity contribution < 1.29 is 13.2 Å². The van der Waals surface area contributed by atoms with Gasteiger partial charge < -0.3 is 5.73 Å². The molecule has 0 saturated heterocycles. The van der Waals surface area contributed by atoms with E-state index in [4.69, 9.17) is 28.9 Å². The Balaban J connectivity index is 2.24. The van der Waals surface area contributed by atoms with Crippen molar-refractivity contribution in [1.29, 1.82) is 0 Å². The Morgan fingerprint density at radius 2 is 1.76 bits per heavy atom. The average Bonchev–Trinajstić information content (AvgIpc) is 2.42. The van der Waals surface area contributed by atoms with Crippen molar-refractivity contribution in [2.24, 2.45) is 5.73 Å². The van der Waals surface area contributed by atoms with Crippen molar-refractivity contribution in [3.8, 4) is 0 Å². The van der Waals surface area contributed by atoms with Crippen LogP contribution in [0.4, 0.5) is 13.2 Å². The molecule has 0 aliphatic carbocycles. The Bertz CT molecular complexity index is 641. The van der Waals surface area contributed by atoms with Gasteiger partial charge in [0, 0.05) is 16.1 Å². The second-order valence-electron chi connectivity index (χ2n) is 4.67. The van der Waals surface area contributed by atoms with E-state index in [2.05, 4.69) is 0 Å². The van der Waals surface area contributed by atoms with Crippen LogP contribution in [0.2, 0.25) is 10.0 Å². The molecule has 1 nitrogen and oxygen atoms in total. The van der Waals surface area contributed by atoms with Crippen molar-refractivity contribution in [1.82, 2.24) is 0 Å². The average molecular weight is 334 g/mol. The zero-order valence-corrected chi connectivity index (χ0v) is 12.3. The van der Waals surface area contributed by atoms with Gasteiger partial charge in [0.05, 0.1) is 5.56 Å². The number of alkyl halides is 3. The van der Waals surface area contributed by atoms with Crippen molar-refractivity contribution in [3.05, 3.63) is 69.2 Å². The largest absolute Gasteiger partial charge is 0.416 e. The maximum atomic E-state index is 12.7. The van der Waals surface area contributed by atoms with E-state index in [1.807, 2.05) is 0 Å². The predicted molar refractivity (Wildman–Crippen MR) is 78.5 cm³/mol. The topological polar surface area (TPSA) is 26.0 Å². The minimum Gasteiger partial charge on any atom is -0.324 e. The molecule has 0 heterocycles. The Labute approximate surface area is 130 Å². The third-order valence-corrected chi connectivity index (χ3v) is 3.69. The fourth-order valence-corrected chi connectivity index (χ4v) is 2.39. The van der Waals surface area contributed by atoms with Gasteiger partial charge in [-0.3, -0.25) is 0 Å². The maximum absolute atomic E-state index is 12.7. The molecule has 0 aliphatic rings. The number of halogens is 5. The normalized spacial score (nSPS) is 13.2. The summed E-state index contributed by atoms with van der Waals surface area (Å²) in [6.07, 6.45) is -4.08. The number of benzene rings is 2. The molecule has 0 spiro atoms. The monoisotopic (exact) mass is 333 g/mol. The SMILES string of the molecule is NC(Cc1cc(Cl)ccc1Cl)c1cccc(C(F)(F)F)c1. The maximum Gasteiger partial charge on any atom is 0.416 e. The molecule has 2 N–H and O–H groups in total. The third-order valence-electron chi connectivity index (χ3n) is 3.09. The second kappa shape index (κ2) is 6.26. The van der Waals surface area contributed by atoms with Crippen molar-refractivity contribution >= 4 is 23.2 Å². The van der Waals surface area contributed by atoms with E-state index in [0.29, 0.717) is 27.6 Å². The molecular formula is C15H12Cl2F3N. The molecule has 2 aromatic carbocycles. The van der Waals surface area contributed by atoms with Crippen LogP contribution in [0.3, 0.4) is 0 Å². The third kappa shape index (κ3) is 4.13. The smallest absolute Gasteiger partial charge is 0.324 e. The van der Waals surface area contributed by atoms with Crippen LogP contribution in [0.25, 0.3) is 0 Å². The van der Waals surface area contributed by atoms with E-state index >= 15 is 0 Å². The van der Waals surface area contributed by atoms with Crippen LogP contribution in [0.5, 0.6) is 0 Å². The van der Waals surface area contributed by atoms with Gasteiger partial charge in [-0.15, -0.1) is 0 Å². The first-order valence-electron chi connectivity index (χ1n) is 6.14. The lowest BCUT2D eigenvalue weighted by Crippen LogP contribution is -2.15. The number of rotatable bonds is 3. The zero-order valence-electron chi connectivity index (χ0n) is 10.8. The van der Waals surface area contributed by atoms with Gasteiger partial charge in [-0.2, -0.15) is 13.2 Å². The van der Waals surface area contributed by atoms with Gasteiger partial charge in [0.2, 0.25) is 0 Å². The molecule has 0 radical (unpaired) electrons. The van der Waals surface area contributed by atoms with Crippen LogP contribution in [0, 0.1) is 0 Å². The first-order chi connectivity index (χ1) is 9.77. The minimum atomic E-state index is -4.39. The fraction of sp³-hybridized carbons (Fsp3) is 0.200. The quantitative estimate of drug-likeness (QED) is 0.815. The van der Waals surface area contributed by atoms with Crippen molar-refractivity contribution in [2.45, 2.75) is 18.6 Å². The highest BCUT2D eigenvalue weighted by Gasteiger charge is 2.30. The molecular weight excluding hydrogens is 322 g/mol. The highest BCUT2D eigenvalue weighted by atomic mass is 35.5. The van der Waals surface area contributed by atoms with Gasteiger partial charge in [0.1, 0.15) is 0 Å². The molecule has 6 heteroatoms. The summed E-state index contributed by atoms with van der Waals surface area (Å²) >= 11 is 11.9. The highest BCUT2D eigenvalue weighted by Crippen LogP contribution is 2.31. The number of hydrogen-bond donors (Lipinski definition) is 1. The molecule has 0 aliphatic heterocycles. The molecule has 0 saturated carbocycles. The Morgan fingerprint density at radius 3 is 2.43 bits per heavy atom. The Kier molecular flexibility index (Phi) is 4.81. The molecule has 2 aromatic rings. The number of nitrogens with two attached hydrogens (primary N) is 1. The molecule has 2 rings (SSSR count). The fourth-order valence-electron chi connectivity index (χ4n) is 2.00. The van der Waals surface area contributed by atoms with E-state index in [1.165, 1.54) is 6.07 Å². The van der Waals surface area contributed by atoms with Gasteiger partial charge in [-0.05, 0) is 47.9 Å². The molecule has 1 unspecified atom stereocenters. The lowest BCUT2D eigenvalue weighted by molar-refractivity contribution is -0.137.